The molecule has 92 valence electrons. The summed E-state index contributed by atoms with van der Waals surface area (Å²) in [6.07, 6.45) is -0.576. The Hall–Kier alpha value is -1.63. The van der Waals surface area contributed by atoms with Gasteiger partial charge in [-0.2, -0.15) is 0 Å². The molecule has 0 spiro atoms. The third-order valence-corrected chi connectivity index (χ3v) is 1.59. The zero-order chi connectivity index (χ0) is 12.7. The summed E-state index contributed by atoms with van der Waals surface area (Å²) in [5.41, 5.74) is 4.84. The topological polar surface area (TPSA) is 119 Å². The van der Waals surface area contributed by atoms with E-state index in [9.17, 15) is 14.4 Å². The molecule has 7 heteroatoms. The van der Waals surface area contributed by atoms with Gasteiger partial charge in [0, 0.05) is 0 Å². The normalized spacial score (nSPS) is 12.2. The summed E-state index contributed by atoms with van der Waals surface area (Å²) in [7, 11) is 0. The van der Waals surface area contributed by atoms with Gasteiger partial charge in [-0.1, -0.05) is 0 Å². The molecule has 0 radical (unpaired) electrons. The van der Waals surface area contributed by atoms with Crippen molar-refractivity contribution in [3.05, 3.63) is 0 Å². The van der Waals surface area contributed by atoms with Gasteiger partial charge in [0.25, 0.3) is 0 Å². The highest BCUT2D eigenvalue weighted by Gasteiger charge is 2.21. The maximum atomic E-state index is 11.2. The maximum Gasteiger partial charge on any atom is 0.326 e. The molecule has 0 heterocycles. The number of carbonyl (C=O) groups is 3. The summed E-state index contributed by atoms with van der Waals surface area (Å²) in [4.78, 5) is 32.4. The van der Waals surface area contributed by atoms with Gasteiger partial charge < -0.3 is 20.9 Å². The number of rotatable bonds is 7. The molecule has 0 rings (SSSR count). The number of nitrogens with two attached hydrogens (primary N) is 1. The van der Waals surface area contributed by atoms with Crippen molar-refractivity contribution < 1.29 is 24.2 Å². The highest BCUT2D eigenvalue weighted by molar-refractivity contribution is 5.88. The molecule has 0 bridgehead atoms. The zero-order valence-corrected chi connectivity index (χ0v) is 9.23. The van der Waals surface area contributed by atoms with Crippen molar-refractivity contribution >= 4 is 17.8 Å². The van der Waals surface area contributed by atoms with E-state index in [1.54, 1.807) is 13.8 Å². The van der Waals surface area contributed by atoms with Gasteiger partial charge >= 0.3 is 5.97 Å². The largest absolute Gasteiger partial charge is 0.480 e. The first-order valence-electron chi connectivity index (χ1n) is 4.75. The second-order valence-electron chi connectivity index (χ2n) is 3.49. The van der Waals surface area contributed by atoms with E-state index in [0.717, 1.165) is 0 Å². The summed E-state index contributed by atoms with van der Waals surface area (Å²) in [6.45, 7) is 3.23. The fourth-order valence-electron chi connectivity index (χ4n) is 0.880. The SMILES string of the molecule is CC(C)OCC(=O)N[C@H](CC(N)=O)C(=O)O. The molecule has 4 N–H and O–H groups in total. The van der Waals surface area contributed by atoms with Crippen molar-refractivity contribution in [1.82, 2.24) is 5.32 Å². The quantitative estimate of drug-likeness (QED) is 0.512. The molecule has 0 fully saturated rings. The predicted molar refractivity (Wildman–Crippen MR) is 54.5 cm³/mol. The number of hydrogen-bond donors (Lipinski definition) is 3. The predicted octanol–water partition coefficient (Wildman–Crippen LogP) is -1.14. The average Bonchev–Trinajstić information content (AvgIpc) is 2.12. The Balaban J connectivity index is 4.13. The van der Waals surface area contributed by atoms with Crippen LogP contribution in [0.3, 0.4) is 0 Å². The molecule has 0 saturated carbocycles. The third-order valence-electron chi connectivity index (χ3n) is 1.59. The van der Waals surface area contributed by atoms with Gasteiger partial charge in [0.05, 0.1) is 12.5 Å². The highest BCUT2D eigenvalue weighted by atomic mass is 16.5. The van der Waals surface area contributed by atoms with Crippen molar-refractivity contribution in [2.75, 3.05) is 6.61 Å². The van der Waals surface area contributed by atoms with Crippen LogP contribution in [0.15, 0.2) is 0 Å². The van der Waals surface area contributed by atoms with Crippen molar-refractivity contribution in [1.29, 1.82) is 0 Å². The molecule has 16 heavy (non-hydrogen) atoms. The Kier molecular flexibility index (Phi) is 6.09. The van der Waals surface area contributed by atoms with E-state index >= 15 is 0 Å². The van der Waals surface area contributed by atoms with Crippen LogP contribution in [-0.4, -0.2) is 41.6 Å². The summed E-state index contributed by atoms with van der Waals surface area (Å²) in [5.74, 6) is -2.70. The molecular formula is C9H16N2O5. The van der Waals surface area contributed by atoms with E-state index in [-0.39, 0.29) is 12.7 Å². The number of amides is 2. The van der Waals surface area contributed by atoms with Gasteiger partial charge in [0.15, 0.2) is 0 Å². The smallest absolute Gasteiger partial charge is 0.326 e. The van der Waals surface area contributed by atoms with Crippen LogP contribution in [0.4, 0.5) is 0 Å². The van der Waals surface area contributed by atoms with E-state index in [1.807, 2.05) is 0 Å². The van der Waals surface area contributed by atoms with Crippen molar-refractivity contribution in [2.45, 2.75) is 32.4 Å². The zero-order valence-electron chi connectivity index (χ0n) is 9.23. The van der Waals surface area contributed by atoms with E-state index < -0.39 is 30.2 Å². The second-order valence-corrected chi connectivity index (χ2v) is 3.49. The fraction of sp³-hybridized carbons (Fsp3) is 0.667. The summed E-state index contributed by atoms with van der Waals surface area (Å²) in [5, 5.41) is 10.8. The van der Waals surface area contributed by atoms with Crippen LogP contribution < -0.4 is 11.1 Å². The summed E-state index contributed by atoms with van der Waals surface area (Å²) < 4.78 is 4.97. The van der Waals surface area contributed by atoms with Crippen LogP contribution in [0.5, 0.6) is 0 Å². The minimum atomic E-state index is -1.31. The highest BCUT2D eigenvalue weighted by Crippen LogP contribution is 1.93. The molecule has 0 aliphatic heterocycles. The number of carbonyl (C=O) groups excluding carboxylic acids is 2. The molecule has 0 aliphatic carbocycles. The molecule has 0 aromatic rings. The van der Waals surface area contributed by atoms with Gasteiger partial charge in [-0.15, -0.1) is 0 Å². The van der Waals surface area contributed by atoms with Crippen LogP contribution in [0, 0.1) is 0 Å². The lowest BCUT2D eigenvalue weighted by molar-refractivity contribution is -0.144. The van der Waals surface area contributed by atoms with Crippen molar-refractivity contribution in [2.24, 2.45) is 5.73 Å². The number of carboxylic acid groups (broad SMARTS) is 1. The minimum Gasteiger partial charge on any atom is -0.480 e. The Labute approximate surface area is 92.9 Å². The Morgan fingerprint density at radius 3 is 2.31 bits per heavy atom. The lowest BCUT2D eigenvalue weighted by Crippen LogP contribution is -2.44. The van der Waals surface area contributed by atoms with Crippen LogP contribution in [0.25, 0.3) is 0 Å². The Morgan fingerprint density at radius 2 is 1.94 bits per heavy atom. The Bertz CT molecular complexity index is 277. The lowest BCUT2D eigenvalue weighted by atomic mass is 10.2. The summed E-state index contributed by atoms with van der Waals surface area (Å²) in [6, 6.07) is -1.30. The molecular weight excluding hydrogens is 216 g/mol. The van der Waals surface area contributed by atoms with Gasteiger partial charge in [-0.3, -0.25) is 9.59 Å². The van der Waals surface area contributed by atoms with Gasteiger partial charge in [0.1, 0.15) is 12.6 Å². The lowest BCUT2D eigenvalue weighted by Gasteiger charge is -2.13. The summed E-state index contributed by atoms with van der Waals surface area (Å²) >= 11 is 0. The number of primary amides is 1. The van der Waals surface area contributed by atoms with Crippen LogP contribution in [0.1, 0.15) is 20.3 Å². The van der Waals surface area contributed by atoms with E-state index in [2.05, 4.69) is 5.32 Å². The molecule has 1 atom stereocenters. The van der Waals surface area contributed by atoms with Crippen LogP contribution in [-0.2, 0) is 19.1 Å². The van der Waals surface area contributed by atoms with Crippen LogP contribution >= 0.6 is 0 Å². The first-order valence-corrected chi connectivity index (χ1v) is 4.75. The molecule has 2 amide bonds. The maximum absolute atomic E-state index is 11.2. The second kappa shape index (κ2) is 6.78. The molecule has 0 saturated heterocycles. The van der Waals surface area contributed by atoms with E-state index in [1.165, 1.54) is 0 Å². The number of ether oxygens (including phenoxy) is 1. The molecule has 7 nitrogen and oxygen atoms in total. The standard InChI is InChI=1S/C9H16N2O5/c1-5(2)16-4-8(13)11-6(9(14)15)3-7(10)12/h5-6H,3-4H2,1-2H3,(H2,10,12)(H,11,13)(H,14,15)/t6-/m1/s1. The van der Waals surface area contributed by atoms with Crippen molar-refractivity contribution in [3.63, 3.8) is 0 Å². The first-order chi connectivity index (χ1) is 7.32. The number of nitrogens with one attached hydrogen (secondary N) is 1. The van der Waals surface area contributed by atoms with Gasteiger partial charge in [0.2, 0.25) is 11.8 Å². The molecule has 0 aromatic carbocycles. The minimum absolute atomic E-state index is 0.134. The number of hydrogen-bond acceptors (Lipinski definition) is 4. The molecule has 0 aliphatic rings. The number of aliphatic carboxylic acids is 1. The van der Waals surface area contributed by atoms with Crippen molar-refractivity contribution in [3.8, 4) is 0 Å². The van der Waals surface area contributed by atoms with E-state index in [0.29, 0.717) is 0 Å². The Morgan fingerprint density at radius 1 is 1.38 bits per heavy atom. The van der Waals surface area contributed by atoms with Crippen LogP contribution in [0.2, 0.25) is 0 Å². The first kappa shape index (κ1) is 14.4. The molecule has 0 aromatic heterocycles. The third kappa shape index (κ3) is 6.77. The van der Waals surface area contributed by atoms with E-state index in [4.69, 9.17) is 15.6 Å². The molecule has 0 unspecified atom stereocenters. The number of carboxylic acids is 1. The van der Waals surface area contributed by atoms with Gasteiger partial charge in [-0.05, 0) is 13.8 Å². The monoisotopic (exact) mass is 232 g/mol. The average molecular weight is 232 g/mol. The van der Waals surface area contributed by atoms with Gasteiger partial charge in [-0.25, -0.2) is 4.79 Å². The fourth-order valence-corrected chi connectivity index (χ4v) is 0.880.